The van der Waals surface area contributed by atoms with Crippen LogP contribution in [0.4, 0.5) is 0 Å². The van der Waals surface area contributed by atoms with Gasteiger partial charge in [-0.2, -0.15) is 5.26 Å². The van der Waals surface area contributed by atoms with Crippen molar-refractivity contribution in [2.24, 2.45) is 0 Å². The van der Waals surface area contributed by atoms with Gasteiger partial charge in [0.05, 0.1) is 11.6 Å². The normalized spacial score (nSPS) is 16.7. The summed E-state index contributed by atoms with van der Waals surface area (Å²) in [6, 6.07) is 11.1. The minimum atomic E-state index is -0.389. The van der Waals surface area contributed by atoms with Crippen LogP contribution in [0.5, 0.6) is 0 Å². The molecule has 1 aliphatic carbocycles. The average Bonchev–Trinajstić information content (AvgIpc) is 2.46. The van der Waals surface area contributed by atoms with Crippen molar-refractivity contribution >= 4 is 11.5 Å². The van der Waals surface area contributed by atoms with E-state index in [4.69, 9.17) is 10.00 Å². The molecule has 3 heteroatoms. The summed E-state index contributed by atoms with van der Waals surface area (Å²) in [6.07, 6.45) is 6.57. The van der Waals surface area contributed by atoms with Crippen molar-refractivity contribution in [3.05, 3.63) is 42.0 Å². The number of nitriles is 1. The van der Waals surface area contributed by atoms with Crippen molar-refractivity contribution in [1.29, 1.82) is 5.26 Å². The molecule has 0 heterocycles. The van der Waals surface area contributed by atoms with E-state index in [0.29, 0.717) is 5.57 Å². The molecule has 0 unspecified atom stereocenters. The largest absolute Gasteiger partial charge is 0.459 e. The van der Waals surface area contributed by atoms with Gasteiger partial charge in [-0.3, -0.25) is 0 Å². The number of carbonyl (C=O) groups is 1. The Hall–Kier alpha value is -2.08. The highest BCUT2D eigenvalue weighted by atomic mass is 16.5. The molecule has 0 aliphatic heterocycles. The number of benzene rings is 1. The van der Waals surface area contributed by atoms with Gasteiger partial charge in [0.2, 0.25) is 0 Å². The number of nitrogens with zero attached hydrogens (tertiary/aromatic N) is 1. The van der Waals surface area contributed by atoms with E-state index in [2.05, 4.69) is 0 Å². The van der Waals surface area contributed by atoms with E-state index < -0.39 is 0 Å². The van der Waals surface area contributed by atoms with Gasteiger partial charge in [0, 0.05) is 6.08 Å². The first kappa shape index (κ1) is 13.4. The minimum absolute atomic E-state index is 0.00653. The summed E-state index contributed by atoms with van der Waals surface area (Å²) in [6.45, 7) is 0. The molecule has 1 aliphatic rings. The van der Waals surface area contributed by atoms with Crippen molar-refractivity contribution in [1.82, 2.24) is 0 Å². The van der Waals surface area contributed by atoms with E-state index in [-0.39, 0.29) is 12.1 Å². The number of carbonyl (C=O) groups excluding carboxylic acids is 1. The van der Waals surface area contributed by atoms with Crippen LogP contribution in [0.1, 0.15) is 37.7 Å². The third-order valence-corrected chi connectivity index (χ3v) is 3.34. The topological polar surface area (TPSA) is 50.1 Å². The number of rotatable bonds is 3. The quantitative estimate of drug-likeness (QED) is 0.472. The van der Waals surface area contributed by atoms with Crippen LogP contribution >= 0.6 is 0 Å². The molecule has 0 saturated heterocycles. The van der Waals surface area contributed by atoms with Gasteiger partial charge in [-0.25, -0.2) is 4.79 Å². The molecule has 0 bridgehead atoms. The number of esters is 1. The van der Waals surface area contributed by atoms with E-state index in [0.717, 1.165) is 31.2 Å². The Morgan fingerprint density at radius 1 is 1.21 bits per heavy atom. The third kappa shape index (κ3) is 3.69. The molecule has 0 atom stereocenters. The third-order valence-electron chi connectivity index (χ3n) is 3.34. The highest BCUT2D eigenvalue weighted by Crippen LogP contribution is 2.23. The zero-order valence-electron chi connectivity index (χ0n) is 10.8. The van der Waals surface area contributed by atoms with Crippen molar-refractivity contribution in [2.75, 3.05) is 0 Å². The molecule has 0 radical (unpaired) electrons. The fourth-order valence-electron chi connectivity index (χ4n) is 2.34. The second-order valence-electron chi connectivity index (χ2n) is 4.72. The van der Waals surface area contributed by atoms with E-state index in [1.165, 1.54) is 12.5 Å². The molecule has 1 aromatic rings. The Bertz CT molecular complexity index is 493. The minimum Gasteiger partial charge on any atom is -0.459 e. The van der Waals surface area contributed by atoms with Gasteiger partial charge in [0.15, 0.2) is 0 Å². The van der Waals surface area contributed by atoms with Crippen LogP contribution in [0.25, 0.3) is 5.57 Å². The zero-order chi connectivity index (χ0) is 13.5. The lowest BCUT2D eigenvalue weighted by Crippen LogP contribution is -2.21. The van der Waals surface area contributed by atoms with Crippen LogP contribution in [-0.4, -0.2) is 12.1 Å². The lowest BCUT2D eigenvalue weighted by Gasteiger charge is -2.22. The van der Waals surface area contributed by atoms with Gasteiger partial charge < -0.3 is 4.74 Å². The second kappa shape index (κ2) is 6.75. The maximum atomic E-state index is 12.2. The SMILES string of the molecule is N#C/C=C(/C(=O)OC1CCCCC1)c1ccccc1. The summed E-state index contributed by atoms with van der Waals surface area (Å²) in [5.41, 5.74) is 1.07. The summed E-state index contributed by atoms with van der Waals surface area (Å²) in [4.78, 5) is 12.2. The summed E-state index contributed by atoms with van der Waals surface area (Å²) < 4.78 is 5.50. The number of allylic oxidation sites excluding steroid dienone is 1. The smallest absolute Gasteiger partial charge is 0.339 e. The highest BCUT2D eigenvalue weighted by molar-refractivity contribution is 6.17. The van der Waals surface area contributed by atoms with Crippen LogP contribution in [0.15, 0.2) is 36.4 Å². The first-order valence-electron chi connectivity index (χ1n) is 6.67. The van der Waals surface area contributed by atoms with Gasteiger partial charge in [0.25, 0.3) is 0 Å². The number of hydrogen-bond donors (Lipinski definition) is 0. The fraction of sp³-hybridized carbons (Fsp3) is 0.375. The van der Waals surface area contributed by atoms with E-state index >= 15 is 0 Å². The molecule has 1 aromatic carbocycles. The second-order valence-corrected chi connectivity index (χ2v) is 4.72. The molecular formula is C16H17NO2. The molecular weight excluding hydrogens is 238 g/mol. The van der Waals surface area contributed by atoms with Gasteiger partial charge in [-0.1, -0.05) is 36.8 Å². The monoisotopic (exact) mass is 255 g/mol. The standard InChI is InChI=1S/C16H17NO2/c17-12-11-15(13-7-3-1-4-8-13)16(18)19-14-9-5-2-6-10-14/h1,3-4,7-8,11,14H,2,5-6,9-10H2/b15-11+. The predicted octanol–water partition coefficient (Wildman–Crippen LogP) is 3.47. The molecule has 1 saturated carbocycles. The van der Waals surface area contributed by atoms with Crippen LogP contribution in [0.2, 0.25) is 0 Å². The first-order valence-corrected chi connectivity index (χ1v) is 6.67. The molecule has 3 nitrogen and oxygen atoms in total. The van der Waals surface area contributed by atoms with Crippen molar-refractivity contribution < 1.29 is 9.53 Å². The van der Waals surface area contributed by atoms with Crippen molar-refractivity contribution in [2.45, 2.75) is 38.2 Å². The Morgan fingerprint density at radius 2 is 1.89 bits per heavy atom. The van der Waals surface area contributed by atoms with Crippen molar-refractivity contribution in [3.8, 4) is 6.07 Å². The van der Waals surface area contributed by atoms with Crippen LogP contribution in [0.3, 0.4) is 0 Å². The van der Waals surface area contributed by atoms with E-state index in [9.17, 15) is 4.79 Å². The molecule has 0 amide bonds. The predicted molar refractivity (Wildman–Crippen MR) is 73.0 cm³/mol. The maximum absolute atomic E-state index is 12.2. The lowest BCUT2D eigenvalue weighted by molar-refractivity contribution is -0.143. The van der Waals surface area contributed by atoms with E-state index in [1.807, 2.05) is 36.4 Å². The molecule has 0 aromatic heterocycles. The van der Waals surface area contributed by atoms with E-state index in [1.54, 1.807) is 0 Å². The summed E-state index contributed by atoms with van der Waals surface area (Å²) in [5, 5.41) is 8.82. The number of ether oxygens (including phenoxy) is 1. The summed E-state index contributed by atoms with van der Waals surface area (Å²) >= 11 is 0. The average molecular weight is 255 g/mol. The Balaban J connectivity index is 2.10. The fourth-order valence-corrected chi connectivity index (χ4v) is 2.34. The van der Waals surface area contributed by atoms with Gasteiger partial charge >= 0.3 is 5.97 Å². The summed E-state index contributed by atoms with van der Waals surface area (Å²) in [7, 11) is 0. The lowest BCUT2D eigenvalue weighted by atomic mass is 9.97. The van der Waals surface area contributed by atoms with Gasteiger partial charge in [0.1, 0.15) is 6.10 Å². The molecule has 19 heavy (non-hydrogen) atoms. The van der Waals surface area contributed by atoms with Gasteiger partial charge in [-0.15, -0.1) is 0 Å². The first-order chi connectivity index (χ1) is 9.31. The van der Waals surface area contributed by atoms with Crippen molar-refractivity contribution in [3.63, 3.8) is 0 Å². The van der Waals surface area contributed by atoms with Crippen LogP contribution in [-0.2, 0) is 9.53 Å². The van der Waals surface area contributed by atoms with Crippen LogP contribution in [0, 0.1) is 11.3 Å². The highest BCUT2D eigenvalue weighted by Gasteiger charge is 2.20. The molecule has 0 N–H and O–H groups in total. The maximum Gasteiger partial charge on any atom is 0.339 e. The Kier molecular flexibility index (Phi) is 4.74. The number of hydrogen-bond acceptors (Lipinski definition) is 3. The van der Waals surface area contributed by atoms with Crippen LogP contribution < -0.4 is 0 Å². The summed E-state index contributed by atoms with van der Waals surface area (Å²) in [5.74, 6) is -0.389. The molecule has 2 rings (SSSR count). The Morgan fingerprint density at radius 3 is 2.53 bits per heavy atom. The Labute approximate surface area is 113 Å². The zero-order valence-corrected chi connectivity index (χ0v) is 10.8. The van der Waals surface area contributed by atoms with Gasteiger partial charge in [-0.05, 0) is 31.2 Å². The molecule has 0 spiro atoms. The molecule has 1 fully saturated rings. The molecule has 98 valence electrons.